The van der Waals surface area contributed by atoms with Crippen molar-refractivity contribution < 1.29 is 18.0 Å². The molecule has 1 N–H and O–H groups in total. The van der Waals surface area contributed by atoms with E-state index in [-0.39, 0.29) is 17.9 Å². The van der Waals surface area contributed by atoms with Crippen molar-refractivity contribution in [1.29, 1.82) is 0 Å². The Morgan fingerprint density at radius 1 is 0.875 bits per heavy atom. The van der Waals surface area contributed by atoms with E-state index in [4.69, 9.17) is 0 Å². The van der Waals surface area contributed by atoms with Crippen LogP contribution in [0.25, 0.3) is 0 Å². The summed E-state index contributed by atoms with van der Waals surface area (Å²) in [5, 5.41) is 3.05. The smallest absolute Gasteiger partial charge is 0.244 e. The average molecular weight is 670 g/mol. The van der Waals surface area contributed by atoms with Crippen molar-refractivity contribution in [2.75, 3.05) is 23.7 Å². The second kappa shape index (κ2) is 14.5. The van der Waals surface area contributed by atoms with Crippen LogP contribution in [-0.2, 0) is 38.0 Å². The van der Waals surface area contributed by atoms with E-state index in [1.165, 1.54) is 48.4 Å². The molecule has 4 saturated carbocycles. The molecule has 0 spiro atoms. The zero-order valence-electron chi connectivity index (χ0n) is 28.7. The summed E-state index contributed by atoms with van der Waals surface area (Å²) < 4.78 is 27.9. The van der Waals surface area contributed by atoms with Crippen LogP contribution in [0.2, 0.25) is 0 Å². The molecular formula is C40H51N3O4S. The SMILES string of the molecule is CCCCNC(=O)C(Cc1ccccc1)N(Cc1cccc(C)c1)C(=O)CN(c1ccc(C23CC4CC(CC(C4)C2)C3)cc1)S(C)(=O)=O. The Labute approximate surface area is 287 Å². The molecule has 48 heavy (non-hydrogen) atoms. The first-order valence-electron chi connectivity index (χ1n) is 17.8. The zero-order chi connectivity index (χ0) is 33.9. The van der Waals surface area contributed by atoms with Gasteiger partial charge in [-0.2, -0.15) is 0 Å². The summed E-state index contributed by atoms with van der Waals surface area (Å²) in [5.41, 5.74) is 4.83. The molecule has 8 heteroatoms. The van der Waals surface area contributed by atoms with Gasteiger partial charge in [-0.25, -0.2) is 8.42 Å². The van der Waals surface area contributed by atoms with Crippen LogP contribution in [0.3, 0.4) is 0 Å². The monoisotopic (exact) mass is 669 g/mol. The summed E-state index contributed by atoms with van der Waals surface area (Å²) >= 11 is 0. The van der Waals surface area contributed by atoms with Gasteiger partial charge in [0.05, 0.1) is 11.9 Å². The largest absolute Gasteiger partial charge is 0.354 e. The van der Waals surface area contributed by atoms with E-state index in [1.807, 2.05) is 73.7 Å². The van der Waals surface area contributed by atoms with Crippen LogP contribution in [0.5, 0.6) is 0 Å². The maximum absolute atomic E-state index is 14.5. The second-order valence-corrected chi connectivity index (χ2v) is 16.8. The van der Waals surface area contributed by atoms with E-state index in [2.05, 4.69) is 24.4 Å². The van der Waals surface area contributed by atoms with Crippen molar-refractivity contribution in [1.82, 2.24) is 10.2 Å². The van der Waals surface area contributed by atoms with E-state index in [0.29, 0.717) is 18.7 Å². The minimum absolute atomic E-state index is 0.182. The molecule has 4 fully saturated rings. The fraction of sp³-hybridized carbons (Fsp3) is 0.500. The minimum atomic E-state index is -3.82. The Morgan fingerprint density at radius 2 is 1.50 bits per heavy atom. The van der Waals surface area contributed by atoms with Gasteiger partial charge in [-0.15, -0.1) is 0 Å². The first-order chi connectivity index (χ1) is 23.0. The van der Waals surface area contributed by atoms with Crippen LogP contribution in [0, 0.1) is 24.7 Å². The van der Waals surface area contributed by atoms with Gasteiger partial charge >= 0.3 is 0 Å². The van der Waals surface area contributed by atoms with Crippen LogP contribution in [0.15, 0.2) is 78.9 Å². The van der Waals surface area contributed by atoms with Crippen LogP contribution >= 0.6 is 0 Å². The summed E-state index contributed by atoms with van der Waals surface area (Å²) in [6, 6.07) is 24.7. The number of unbranched alkanes of at least 4 members (excludes halogenated alkanes) is 1. The topological polar surface area (TPSA) is 86.8 Å². The number of anilines is 1. The predicted molar refractivity (Wildman–Crippen MR) is 192 cm³/mol. The molecular weight excluding hydrogens is 619 g/mol. The lowest BCUT2D eigenvalue weighted by Gasteiger charge is -2.57. The normalized spacial score (nSPS) is 23.4. The number of nitrogens with zero attached hydrogens (tertiary/aromatic N) is 2. The highest BCUT2D eigenvalue weighted by molar-refractivity contribution is 7.92. The van der Waals surface area contributed by atoms with E-state index in [1.54, 1.807) is 4.90 Å². The molecule has 3 aromatic carbocycles. The number of nitrogens with one attached hydrogen (secondary N) is 1. The van der Waals surface area contributed by atoms with Crippen molar-refractivity contribution >= 4 is 27.5 Å². The maximum atomic E-state index is 14.5. The minimum Gasteiger partial charge on any atom is -0.354 e. The molecule has 0 aromatic heterocycles. The molecule has 1 unspecified atom stereocenters. The van der Waals surface area contributed by atoms with Crippen LogP contribution < -0.4 is 9.62 Å². The van der Waals surface area contributed by atoms with Crippen molar-refractivity contribution in [3.05, 3.63) is 101 Å². The first kappa shape index (κ1) is 34.2. The molecule has 3 aromatic rings. The van der Waals surface area contributed by atoms with E-state index in [0.717, 1.165) is 53.5 Å². The van der Waals surface area contributed by atoms with Crippen molar-refractivity contribution in [3.63, 3.8) is 0 Å². The molecule has 256 valence electrons. The highest BCUT2D eigenvalue weighted by Crippen LogP contribution is 2.60. The molecule has 7 nitrogen and oxygen atoms in total. The molecule has 0 radical (unpaired) electrons. The Balaban J connectivity index is 1.30. The molecule has 4 aliphatic rings. The van der Waals surface area contributed by atoms with E-state index < -0.39 is 28.5 Å². The van der Waals surface area contributed by atoms with Gasteiger partial charge in [0.2, 0.25) is 21.8 Å². The number of sulfonamides is 1. The summed E-state index contributed by atoms with van der Waals surface area (Å²) in [7, 11) is -3.82. The quantitative estimate of drug-likeness (QED) is 0.192. The molecule has 1 atom stereocenters. The van der Waals surface area contributed by atoms with Crippen LogP contribution in [0.1, 0.15) is 80.5 Å². The first-order valence-corrected chi connectivity index (χ1v) is 19.6. The average Bonchev–Trinajstić information content (AvgIpc) is 3.04. The van der Waals surface area contributed by atoms with Crippen LogP contribution in [-0.4, -0.2) is 50.5 Å². The number of carbonyl (C=O) groups excluding carboxylic acids is 2. The number of rotatable bonds is 14. The lowest BCUT2D eigenvalue weighted by molar-refractivity contribution is -0.140. The zero-order valence-corrected chi connectivity index (χ0v) is 29.6. The lowest BCUT2D eigenvalue weighted by Crippen LogP contribution is -2.53. The molecule has 4 bridgehead atoms. The fourth-order valence-corrected chi connectivity index (χ4v) is 9.98. The standard InChI is InChI=1S/C40H51N3O4S/c1-4-5-18-41-39(45)37(23-30-11-7-6-8-12-30)42(27-31-13-9-10-29(2)19-31)38(44)28-43(48(3,46)47)36-16-14-35(15-17-36)40-24-32-20-33(25-40)22-34(21-32)26-40/h6-17,19,32-34,37H,4-5,18,20-28H2,1-3H3,(H,41,45). The van der Waals surface area contributed by atoms with Gasteiger partial charge in [-0.05, 0) is 104 Å². The Bertz CT molecular complexity index is 1650. The molecule has 0 saturated heterocycles. The van der Waals surface area contributed by atoms with Crippen molar-refractivity contribution in [2.45, 2.75) is 89.6 Å². The highest BCUT2D eigenvalue weighted by atomic mass is 32.2. The number of amides is 2. The number of hydrogen-bond acceptors (Lipinski definition) is 4. The van der Waals surface area contributed by atoms with Gasteiger partial charge in [-0.3, -0.25) is 13.9 Å². The summed E-state index contributed by atoms with van der Waals surface area (Å²) in [6.07, 6.45) is 11.0. The van der Waals surface area contributed by atoms with Gasteiger partial charge in [-0.1, -0.05) is 85.6 Å². The third-order valence-corrected chi connectivity index (χ3v) is 12.2. The highest BCUT2D eigenvalue weighted by Gasteiger charge is 2.51. The van der Waals surface area contributed by atoms with E-state index >= 15 is 0 Å². The summed E-state index contributed by atoms with van der Waals surface area (Å²) in [6.45, 7) is 4.36. The number of benzene rings is 3. The van der Waals surface area contributed by atoms with Gasteiger partial charge in [0, 0.05) is 19.5 Å². The second-order valence-electron chi connectivity index (χ2n) is 14.9. The maximum Gasteiger partial charge on any atom is 0.244 e. The number of aryl methyl sites for hydroxylation is 1. The van der Waals surface area contributed by atoms with Gasteiger partial charge < -0.3 is 10.2 Å². The van der Waals surface area contributed by atoms with Gasteiger partial charge in [0.15, 0.2) is 0 Å². The molecule has 7 rings (SSSR count). The fourth-order valence-electron chi connectivity index (χ4n) is 9.13. The molecule has 0 aliphatic heterocycles. The van der Waals surface area contributed by atoms with Crippen molar-refractivity contribution in [3.8, 4) is 0 Å². The Kier molecular flexibility index (Phi) is 10.3. The lowest BCUT2D eigenvalue weighted by atomic mass is 9.48. The number of carbonyl (C=O) groups is 2. The molecule has 2 amide bonds. The Hall–Kier alpha value is -3.65. The third-order valence-electron chi connectivity index (χ3n) is 11.0. The van der Waals surface area contributed by atoms with Gasteiger partial charge in [0.25, 0.3) is 0 Å². The third kappa shape index (κ3) is 7.80. The summed E-state index contributed by atoms with van der Waals surface area (Å²) in [4.78, 5) is 29.9. The molecule has 0 heterocycles. The van der Waals surface area contributed by atoms with E-state index in [9.17, 15) is 18.0 Å². The number of hydrogen-bond donors (Lipinski definition) is 1. The Morgan fingerprint density at radius 3 is 2.08 bits per heavy atom. The van der Waals surface area contributed by atoms with Gasteiger partial charge in [0.1, 0.15) is 12.6 Å². The molecule has 4 aliphatic carbocycles. The predicted octanol–water partition coefficient (Wildman–Crippen LogP) is 6.79. The van der Waals surface area contributed by atoms with Crippen molar-refractivity contribution in [2.24, 2.45) is 17.8 Å². The van der Waals surface area contributed by atoms with Crippen LogP contribution in [0.4, 0.5) is 5.69 Å². The summed E-state index contributed by atoms with van der Waals surface area (Å²) in [5.74, 6) is 1.77.